The molecule has 4 rings (SSSR count). The molecule has 0 unspecified atom stereocenters. The maximum atomic E-state index is 13.5. The summed E-state index contributed by atoms with van der Waals surface area (Å²) < 4.78 is 15.7. The minimum Gasteiger partial charge on any atom is -0.545 e. The number of ether oxygens (including phenoxy) is 3. The molecule has 0 atom stereocenters. The largest absolute Gasteiger partial charge is 1.00 e. The van der Waals surface area contributed by atoms with Gasteiger partial charge in [-0.05, 0) is 65.1 Å². The second-order valence-electron chi connectivity index (χ2n) is 8.66. The molecule has 0 spiro atoms. The fraction of sp³-hybridized carbons (Fsp3) is 0.167. The van der Waals surface area contributed by atoms with Crippen molar-refractivity contribution < 1.29 is 85.1 Å². The predicted molar refractivity (Wildman–Crippen MR) is 138 cm³/mol. The van der Waals surface area contributed by atoms with Gasteiger partial charge in [-0.15, -0.1) is 0 Å². The van der Waals surface area contributed by atoms with Gasteiger partial charge in [0.25, 0.3) is 0 Å². The summed E-state index contributed by atoms with van der Waals surface area (Å²) in [5, 5.41) is 15.1. The average Bonchev–Trinajstić information content (AvgIpc) is 3.44. The van der Waals surface area contributed by atoms with Crippen LogP contribution in [0.25, 0.3) is 0 Å². The van der Waals surface area contributed by atoms with E-state index < -0.39 is 11.8 Å². The third-order valence-electron chi connectivity index (χ3n) is 5.90. The molecule has 0 aromatic heterocycles. The summed E-state index contributed by atoms with van der Waals surface area (Å²) in [7, 11) is 1.51. The Hall–Kier alpha value is -3.21. The maximum absolute atomic E-state index is 13.5. The number of carboxylic acids is 1. The summed E-state index contributed by atoms with van der Waals surface area (Å²) in [6.45, 7) is 1.33. The minimum absolute atomic E-state index is 0. The number of amides is 1. The molecule has 3 aromatic rings. The molecule has 1 amide bonds. The van der Waals surface area contributed by atoms with Crippen molar-refractivity contribution in [1.29, 1.82) is 0 Å². The van der Waals surface area contributed by atoms with Gasteiger partial charge in [-0.1, -0.05) is 36.4 Å². The number of nitrogens with one attached hydrogen (secondary N) is 1. The third kappa shape index (κ3) is 8.14. The van der Waals surface area contributed by atoms with Gasteiger partial charge in [0.05, 0.1) is 18.7 Å². The number of methoxy groups -OCH3 is 1. The molecule has 0 aliphatic carbocycles. The van der Waals surface area contributed by atoms with E-state index in [-0.39, 0.29) is 93.0 Å². The quantitative estimate of drug-likeness (QED) is 0.223. The van der Waals surface area contributed by atoms with Crippen molar-refractivity contribution in [2.24, 2.45) is 0 Å². The van der Waals surface area contributed by atoms with Crippen molar-refractivity contribution in [3.05, 3.63) is 118 Å². The van der Waals surface area contributed by atoms with Crippen molar-refractivity contribution in [2.75, 3.05) is 19.2 Å². The maximum Gasteiger partial charge on any atom is 1.00 e. The van der Waals surface area contributed by atoms with Crippen LogP contribution in [0.3, 0.4) is 0 Å². The van der Waals surface area contributed by atoms with Crippen LogP contribution in [0.15, 0.2) is 96.0 Å². The van der Waals surface area contributed by atoms with Crippen LogP contribution in [0.4, 0.5) is 5.69 Å². The summed E-state index contributed by atoms with van der Waals surface area (Å²) in [6, 6.07) is 21.3. The number of anilines is 1. The molecule has 1 heterocycles. The molecule has 0 radical (unpaired) electrons. The van der Waals surface area contributed by atoms with Crippen molar-refractivity contribution in [3.63, 3.8) is 0 Å². The molecular weight excluding hydrogens is 525 g/mol. The van der Waals surface area contributed by atoms with Crippen LogP contribution >= 0.6 is 0 Å². The minimum atomic E-state index is -1.47. The fourth-order valence-electron chi connectivity index (χ4n) is 4.12. The Morgan fingerprint density at radius 1 is 0.949 bits per heavy atom. The Morgan fingerprint density at radius 3 is 2.23 bits per heavy atom. The normalized spacial score (nSPS) is 12.6. The van der Waals surface area contributed by atoms with E-state index >= 15 is 0 Å². The molecule has 1 N–H and O–H groups in total. The zero-order valence-electron chi connectivity index (χ0n) is 22.0. The number of hydrogen-bond acceptors (Lipinski definition) is 7. The number of carboxylic acid groups (broad SMARTS) is 1. The molecule has 194 valence electrons. The van der Waals surface area contributed by atoms with Crippen molar-refractivity contribution in [2.45, 2.75) is 19.8 Å². The fourth-order valence-corrected chi connectivity index (χ4v) is 4.12. The van der Waals surface area contributed by atoms with E-state index in [1.165, 1.54) is 20.3 Å². The van der Waals surface area contributed by atoms with Gasteiger partial charge >= 0.3 is 51.4 Å². The van der Waals surface area contributed by atoms with Crippen LogP contribution < -0.4 is 66.5 Å². The van der Waals surface area contributed by atoms with Crippen molar-refractivity contribution >= 4 is 23.3 Å². The number of hydrogen-bond donors (Lipinski definition) is 1. The topological polar surface area (TPSA) is 114 Å². The van der Waals surface area contributed by atoms with E-state index in [9.17, 15) is 19.5 Å². The predicted octanol–water partition coefficient (Wildman–Crippen LogP) is 0.566. The number of allylic oxidation sites excluding steroid dienone is 1. The van der Waals surface area contributed by atoms with Crippen LogP contribution in [0.2, 0.25) is 0 Å². The first-order chi connectivity index (χ1) is 18.3. The molecule has 0 saturated heterocycles. The van der Waals surface area contributed by atoms with Gasteiger partial charge in [-0.25, -0.2) is 0 Å². The molecule has 0 fully saturated rings. The van der Waals surface area contributed by atoms with Crippen LogP contribution in [0.5, 0.6) is 5.75 Å². The molecule has 1 aliphatic rings. The molecule has 1 aliphatic heterocycles. The van der Waals surface area contributed by atoms with Crippen molar-refractivity contribution in [3.8, 4) is 5.75 Å². The molecule has 0 bridgehead atoms. The van der Waals surface area contributed by atoms with Gasteiger partial charge < -0.3 is 29.4 Å². The van der Waals surface area contributed by atoms with Gasteiger partial charge in [0.1, 0.15) is 12.0 Å². The Balaban J connectivity index is 0.00000420. The molecule has 8 nitrogen and oxygen atoms in total. The molecule has 39 heavy (non-hydrogen) atoms. The summed E-state index contributed by atoms with van der Waals surface area (Å²) >= 11 is 0. The third-order valence-corrected chi connectivity index (χ3v) is 5.90. The first-order valence-corrected chi connectivity index (χ1v) is 11.9. The average molecular weight is 552 g/mol. The van der Waals surface area contributed by atoms with Gasteiger partial charge in [0.15, 0.2) is 11.5 Å². The molecule has 9 heteroatoms. The number of carbonyl (C=O) groups excluding carboxylic acids is 3. The number of Topliss-reactive ketones (excluding diaryl/α,β-unsaturated/α-hetero) is 1. The first kappa shape index (κ1) is 30.3. The second-order valence-corrected chi connectivity index (χ2v) is 8.66. The van der Waals surface area contributed by atoms with Crippen LogP contribution in [-0.4, -0.2) is 31.6 Å². The van der Waals surface area contributed by atoms with Gasteiger partial charge in [-0.3, -0.25) is 9.59 Å². The van der Waals surface area contributed by atoms with Gasteiger partial charge in [0.2, 0.25) is 12.7 Å². The summed E-state index contributed by atoms with van der Waals surface area (Å²) in [4.78, 5) is 37.0. The molecular formula is C30H26KNO7. The van der Waals surface area contributed by atoms with E-state index in [1.807, 2.05) is 42.5 Å². The summed E-state index contributed by atoms with van der Waals surface area (Å²) in [5.74, 6) is -1.54. The Labute approximate surface area is 269 Å². The smallest absolute Gasteiger partial charge is 0.545 e. The number of carbonyl (C=O) groups is 3. The van der Waals surface area contributed by atoms with Crippen LogP contribution in [0, 0.1) is 0 Å². The van der Waals surface area contributed by atoms with E-state index in [0.29, 0.717) is 23.4 Å². The van der Waals surface area contributed by atoms with E-state index in [1.54, 1.807) is 30.3 Å². The Kier molecular flexibility index (Phi) is 11.1. The molecule has 0 saturated carbocycles. The standard InChI is InChI=1S/C30H27NO7.K/c1-19(32)31-24-10-6-20(7-11-24)14-21-4-3-5-22(15-21)16-26(30(34)35)28(27-17-37-18-38-27)29(33)23-8-12-25(36-2)13-9-23;/h3-13,15,17H,14,16,18H2,1-2H3,(H,31,32)(H,34,35);/q;+1/p-1. The summed E-state index contributed by atoms with van der Waals surface area (Å²) in [6.07, 6.45) is 1.77. The Morgan fingerprint density at radius 2 is 1.64 bits per heavy atom. The second kappa shape index (κ2) is 14.3. The SMILES string of the molecule is COc1ccc(C(=O)C(C2=COCO2)=C(Cc2cccc(Cc3ccc(NC(C)=O)cc3)c2)C(=O)[O-])cc1.[K+]. The van der Waals surface area contributed by atoms with E-state index in [0.717, 1.165) is 11.1 Å². The van der Waals surface area contributed by atoms with E-state index in [4.69, 9.17) is 14.2 Å². The summed E-state index contributed by atoms with van der Waals surface area (Å²) in [5.41, 5.74) is 3.31. The zero-order chi connectivity index (χ0) is 27.1. The molecule has 3 aromatic carbocycles. The number of rotatable bonds is 10. The number of ketones is 1. The zero-order valence-corrected chi connectivity index (χ0v) is 25.1. The van der Waals surface area contributed by atoms with Crippen LogP contribution in [-0.2, 0) is 31.9 Å². The number of benzene rings is 3. The van der Waals surface area contributed by atoms with Gasteiger partial charge in [-0.2, -0.15) is 0 Å². The first-order valence-electron chi connectivity index (χ1n) is 11.9. The monoisotopic (exact) mass is 551 g/mol. The van der Waals surface area contributed by atoms with Crippen LogP contribution in [0.1, 0.15) is 34.0 Å². The Bertz CT molecular complexity index is 1410. The number of aliphatic carboxylic acids is 1. The van der Waals surface area contributed by atoms with Crippen molar-refractivity contribution in [1.82, 2.24) is 0 Å². The van der Waals surface area contributed by atoms with Gasteiger partial charge in [0, 0.05) is 24.6 Å². The van der Waals surface area contributed by atoms with E-state index in [2.05, 4.69) is 5.32 Å².